The van der Waals surface area contributed by atoms with E-state index in [-0.39, 0.29) is 5.78 Å². The first kappa shape index (κ1) is 13.2. The molecule has 0 N–H and O–H groups in total. The zero-order chi connectivity index (χ0) is 14.2. The number of benzene rings is 1. The minimum absolute atomic E-state index is 0.0935. The number of allylic oxidation sites excluding steroid dienone is 2. The van der Waals surface area contributed by atoms with Gasteiger partial charge in [-0.15, -0.1) is 11.3 Å². The van der Waals surface area contributed by atoms with Gasteiger partial charge in [0.25, 0.3) is 0 Å². The number of thiazole rings is 1. The van der Waals surface area contributed by atoms with Crippen LogP contribution in [0, 0.1) is 0 Å². The second-order valence-electron chi connectivity index (χ2n) is 4.36. The van der Waals surface area contributed by atoms with Crippen LogP contribution in [0.5, 0.6) is 0 Å². The van der Waals surface area contributed by atoms with Gasteiger partial charge >= 0.3 is 0 Å². The van der Waals surface area contributed by atoms with Crippen molar-refractivity contribution in [3.05, 3.63) is 47.5 Å². The van der Waals surface area contributed by atoms with Gasteiger partial charge in [0.15, 0.2) is 5.78 Å². The third-order valence-corrected chi connectivity index (χ3v) is 4.33. The quantitative estimate of drug-likeness (QED) is 0.814. The third-order valence-electron chi connectivity index (χ3n) is 3.26. The summed E-state index contributed by atoms with van der Waals surface area (Å²) in [6, 6.07) is 7.84. The predicted octanol–water partition coefficient (Wildman–Crippen LogP) is 2.81. The molecular formula is C15H13NO3S. The largest absolute Gasteiger partial charge is 0.346 e. The lowest BCUT2D eigenvalue weighted by molar-refractivity contribution is -0.128. The van der Waals surface area contributed by atoms with E-state index in [4.69, 9.17) is 9.47 Å². The molecule has 1 aliphatic carbocycles. The number of carbonyl (C=O) groups excluding carboxylic acids is 1. The fourth-order valence-corrected chi connectivity index (χ4v) is 3.24. The van der Waals surface area contributed by atoms with E-state index in [9.17, 15) is 4.79 Å². The van der Waals surface area contributed by atoms with E-state index in [0.29, 0.717) is 5.57 Å². The van der Waals surface area contributed by atoms with E-state index in [1.807, 2.05) is 24.3 Å². The molecule has 0 saturated heterocycles. The second kappa shape index (κ2) is 4.94. The van der Waals surface area contributed by atoms with Crippen molar-refractivity contribution in [2.45, 2.75) is 5.79 Å². The van der Waals surface area contributed by atoms with Crippen LogP contribution < -0.4 is 0 Å². The first-order valence-corrected chi connectivity index (χ1v) is 6.92. The third kappa shape index (κ3) is 2.00. The van der Waals surface area contributed by atoms with Crippen LogP contribution in [0.15, 0.2) is 42.5 Å². The van der Waals surface area contributed by atoms with Gasteiger partial charge in [-0.2, -0.15) is 0 Å². The number of rotatable bonds is 3. The lowest BCUT2D eigenvalue weighted by atomic mass is 9.98. The molecule has 1 aromatic carbocycles. The monoisotopic (exact) mass is 287 g/mol. The van der Waals surface area contributed by atoms with Gasteiger partial charge in [-0.1, -0.05) is 12.1 Å². The summed E-state index contributed by atoms with van der Waals surface area (Å²) in [6.07, 6.45) is 4.59. The number of carbonyl (C=O) groups is 1. The highest BCUT2D eigenvalue weighted by Gasteiger charge is 2.37. The van der Waals surface area contributed by atoms with E-state index in [1.165, 1.54) is 23.5 Å². The van der Waals surface area contributed by atoms with Gasteiger partial charge < -0.3 is 9.47 Å². The smallest absolute Gasteiger partial charge is 0.218 e. The van der Waals surface area contributed by atoms with Crippen LogP contribution in [0.4, 0.5) is 0 Å². The van der Waals surface area contributed by atoms with Crippen molar-refractivity contribution in [2.75, 3.05) is 14.2 Å². The van der Waals surface area contributed by atoms with Crippen LogP contribution in [0.25, 0.3) is 15.8 Å². The summed E-state index contributed by atoms with van der Waals surface area (Å²) in [4.78, 5) is 16.3. The Morgan fingerprint density at radius 3 is 2.65 bits per heavy atom. The zero-order valence-electron chi connectivity index (χ0n) is 11.1. The molecule has 4 nitrogen and oxygen atoms in total. The average Bonchev–Trinajstić information content (AvgIpc) is 2.91. The van der Waals surface area contributed by atoms with E-state index < -0.39 is 5.79 Å². The Labute approximate surface area is 120 Å². The highest BCUT2D eigenvalue weighted by molar-refractivity contribution is 7.19. The summed E-state index contributed by atoms with van der Waals surface area (Å²) in [6.45, 7) is 0. The van der Waals surface area contributed by atoms with Gasteiger partial charge in [-0.3, -0.25) is 4.79 Å². The minimum Gasteiger partial charge on any atom is -0.346 e. The number of ketones is 1. The number of methoxy groups -OCH3 is 2. The standard InChI is InChI=1S/C15H13NO3S/c1-18-15(19-2)8-7-10(17)9-11(15)14-16-12-5-3-4-6-13(12)20-14/h3-9H,1-2H3. The van der Waals surface area contributed by atoms with Crippen molar-refractivity contribution in [3.8, 4) is 0 Å². The molecule has 0 aliphatic heterocycles. The van der Waals surface area contributed by atoms with Gasteiger partial charge in [0, 0.05) is 14.2 Å². The Balaban J connectivity index is 2.16. The number of hydrogen-bond acceptors (Lipinski definition) is 5. The molecule has 0 bridgehead atoms. The van der Waals surface area contributed by atoms with Gasteiger partial charge in [-0.25, -0.2) is 4.98 Å². The van der Waals surface area contributed by atoms with Crippen molar-refractivity contribution < 1.29 is 14.3 Å². The SMILES string of the molecule is COC1(OC)C=CC(=O)C=C1c1nc2ccccc2s1. The Morgan fingerprint density at radius 1 is 1.20 bits per heavy atom. The first-order chi connectivity index (χ1) is 9.68. The molecule has 1 heterocycles. The highest BCUT2D eigenvalue weighted by Crippen LogP contribution is 2.38. The molecule has 3 rings (SSSR count). The predicted molar refractivity (Wildman–Crippen MR) is 78.5 cm³/mol. The Bertz CT molecular complexity index is 693. The molecule has 0 radical (unpaired) electrons. The Hall–Kier alpha value is -1.82. The van der Waals surface area contributed by atoms with Crippen LogP contribution in [0.1, 0.15) is 5.01 Å². The lowest BCUT2D eigenvalue weighted by Crippen LogP contribution is -2.35. The van der Waals surface area contributed by atoms with Gasteiger partial charge in [0.1, 0.15) is 5.01 Å². The van der Waals surface area contributed by atoms with Gasteiger partial charge in [0.2, 0.25) is 5.79 Å². The van der Waals surface area contributed by atoms with Crippen molar-refractivity contribution in [2.24, 2.45) is 0 Å². The van der Waals surface area contributed by atoms with E-state index in [0.717, 1.165) is 15.2 Å². The Kier molecular flexibility index (Phi) is 3.25. The lowest BCUT2D eigenvalue weighted by Gasteiger charge is -2.30. The molecule has 0 fully saturated rings. The van der Waals surface area contributed by atoms with E-state index in [2.05, 4.69) is 4.98 Å². The molecule has 0 atom stereocenters. The summed E-state index contributed by atoms with van der Waals surface area (Å²) in [5, 5.41) is 0.729. The number of hydrogen-bond donors (Lipinski definition) is 0. The fourth-order valence-electron chi connectivity index (χ4n) is 2.21. The van der Waals surface area contributed by atoms with Gasteiger partial charge in [-0.05, 0) is 30.4 Å². The van der Waals surface area contributed by atoms with Crippen molar-refractivity contribution in [3.63, 3.8) is 0 Å². The molecule has 2 aromatic rings. The average molecular weight is 287 g/mol. The zero-order valence-corrected chi connectivity index (χ0v) is 11.9. The summed E-state index contributed by atoms with van der Waals surface area (Å²) in [7, 11) is 3.09. The first-order valence-electron chi connectivity index (χ1n) is 6.10. The summed E-state index contributed by atoms with van der Waals surface area (Å²) < 4.78 is 12.0. The van der Waals surface area contributed by atoms with Crippen LogP contribution in [-0.4, -0.2) is 30.8 Å². The van der Waals surface area contributed by atoms with E-state index in [1.54, 1.807) is 20.3 Å². The molecule has 0 saturated carbocycles. The number of fused-ring (bicyclic) bond motifs is 1. The summed E-state index contributed by atoms with van der Waals surface area (Å²) in [5.41, 5.74) is 1.53. The highest BCUT2D eigenvalue weighted by atomic mass is 32.1. The minimum atomic E-state index is -1.05. The van der Waals surface area contributed by atoms with Crippen molar-refractivity contribution >= 4 is 32.9 Å². The maximum absolute atomic E-state index is 11.7. The topological polar surface area (TPSA) is 48.4 Å². The molecule has 0 unspecified atom stereocenters. The molecule has 20 heavy (non-hydrogen) atoms. The normalized spacial score (nSPS) is 17.5. The maximum atomic E-state index is 11.7. The molecule has 1 aromatic heterocycles. The number of aromatic nitrogens is 1. The van der Waals surface area contributed by atoms with Crippen LogP contribution in [0.2, 0.25) is 0 Å². The summed E-state index contributed by atoms with van der Waals surface area (Å²) >= 11 is 1.51. The molecule has 0 amide bonds. The van der Waals surface area contributed by atoms with Crippen molar-refractivity contribution in [1.29, 1.82) is 0 Å². The maximum Gasteiger partial charge on any atom is 0.218 e. The number of nitrogens with zero attached hydrogens (tertiary/aromatic N) is 1. The Morgan fingerprint density at radius 2 is 1.95 bits per heavy atom. The molecule has 5 heteroatoms. The fraction of sp³-hybridized carbons (Fsp3) is 0.200. The van der Waals surface area contributed by atoms with Crippen LogP contribution in [0.3, 0.4) is 0 Å². The van der Waals surface area contributed by atoms with Gasteiger partial charge in [0.05, 0.1) is 15.8 Å². The summed E-state index contributed by atoms with van der Waals surface area (Å²) in [5.74, 6) is -1.15. The molecule has 0 spiro atoms. The molecular weight excluding hydrogens is 274 g/mol. The molecule has 102 valence electrons. The number of ether oxygens (including phenoxy) is 2. The van der Waals surface area contributed by atoms with Crippen molar-refractivity contribution in [1.82, 2.24) is 4.98 Å². The van der Waals surface area contributed by atoms with E-state index >= 15 is 0 Å². The van der Waals surface area contributed by atoms with Crippen LogP contribution in [-0.2, 0) is 14.3 Å². The molecule has 1 aliphatic rings. The second-order valence-corrected chi connectivity index (χ2v) is 5.39. The number of para-hydroxylation sites is 1. The van der Waals surface area contributed by atoms with Crippen LogP contribution >= 0.6 is 11.3 Å².